The first-order valence-electron chi connectivity index (χ1n) is 5.00. The van der Waals surface area contributed by atoms with Gasteiger partial charge in [-0.2, -0.15) is 0 Å². The molecule has 1 heterocycles. The van der Waals surface area contributed by atoms with Crippen molar-refractivity contribution in [1.29, 1.82) is 0 Å². The number of amidine groups is 1. The fourth-order valence-electron chi connectivity index (χ4n) is 1.29. The number of aromatic nitrogens is 1. The van der Waals surface area contributed by atoms with E-state index in [-0.39, 0.29) is 5.84 Å². The van der Waals surface area contributed by atoms with Crippen molar-refractivity contribution in [2.75, 3.05) is 18.0 Å². The van der Waals surface area contributed by atoms with Crippen molar-refractivity contribution in [2.45, 2.75) is 13.3 Å². The summed E-state index contributed by atoms with van der Waals surface area (Å²) in [4.78, 5) is 6.23. The fourth-order valence-corrected chi connectivity index (χ4v) is 1.40. The Bertz CT molecular complexity index is 352. The van der Waals surface area contributed by atoms with E-state index in [0.717, 1.165) is 12.4 Å². The average Bonchev–Trinajstić information content (AvgIpc) is 2.31. The highest BCUT2D eigenvalue weighted by atomic mass is 35.5. The Morgan fingerprint density at radius 2 is 2.38 bits per heavy atom. The van der Waals surface area contributed by atoms with Crippen LogP contribution in [0.4, 0.5) is 5.82 Å². The van der Waals surface area contributed by atoms with Crippen LogP contribution in [0, 0.1) is 0 Å². The third-order valence-electron chi connectivity index (χ3n) is 2.18. The standard InChI is InChI=1S/C10H15ClN4O/c1-2-15(6-5-9(12)14-16)10-4-3-8(11)7-13-10/h3-4,7,16H,2,5-6H2,1H3,(H2,12,14). The molecule has 5 nitrogen and oxygen atoms in total. The van der Waals surface area contributed by atoms with Crippen molar-refractivity contribution >= 4 is 23.3 Å². The maximum Gasteiger partial charge on any atom is 0.140 e. The number of hydrogen-bond acceptors (Lipinski definition) is 4. The number of anilines is 1. The maximum absolute atomic E-state index is 8.44. The molecule has 1 aromatic heterocycles. The molecular formula is C10H15ClN4O. The Labute approximate surface area is 99.5 Å². The molecule has 0 aromatic carbocycles. The summed E-state index contributed by atoms with van der Waals surface area (Å²) in [6.45, 7) is 3.47. The fraction of sp³-hybridized carbons (Fsp3) is 0.400. The zero-order valence-electron chi connectivity index (χ0n) is 9.10. The zero-order chi connectivity index (χ0) is 12.0. The number of nitrogens with zero attached hydrogens (tertiary/aromatic N) is 3. The number of hydrogen-bond donors (Lipinski definition) is 2. The van der Waals surface area contributed by atoms with Gasteiger partial charge in [0.25, 0.3) is 0 Å². The Kier molecular flexibility index (Phi) is 4.85. The van der Waals surface area contributed by atoms with Gasteiger partial charge in [0.15, 0.2) is 0 Å². The molecule has 0 aliphatic carbocycles. The monoisotopic (exact) mass is 242 g/mol. The van der Waals surface area contributed by atoms with E-state index in [1.807, 2.05) is 17.9 Å². The van der Waals surface area contributed by atoms with Crippen LogP contribution in [-0.4, -0.2) is 29.1 Å². The average molecular weight is 243 g/mol. The Morgan fingerprint density at radius 3 is 2.88 bits per heavy atom. The molecule has 0 unspecified atom stereocenters. The molecule has 0 saturated carbocycles. The van der Waals surface area contributed by atoms with Gasteiger partial charge in [-0.15, -0.1) is 0 Å². The summed E-state index contributed by atoms with van der Waals surface area (Å²) in [6, 6.07) is 3.63. The van der Waals surface area contributed by atoms with Crippen LogP contribution in [-0.2, 0) is 0 Å². The molecule has 0 saturated heterocycles. The summed E-state index contributed by atoms with van der Waals surface area (Å²) < 4.78 is 0. The lowest BCUT2D eigenvalue weighted by atomic mass is 10.3. The minimum absolute atomic E-state index is 0.215. The summed E-state index contributed by atoms with van der Waals surface area (Å²) in [5.41, 5.74) is 5.41. The van der Waals surface area contributed by atoms with Gasteiger partial charge in [-0.25, -0.2) is 4.98 Å². The largest absolute Gasteiger partial charge is 0.409 e. The lowest BCUT2D eigenvalue weighted by Gasteiger charge is -2.21. The van der Waals surface area contributed by atoms with Crippen LogP contribution < -0.4 is 10.6 Å². The van der Waals surface area contributed by atoms with Gasteiger partial charge in [0.05, 0.1) is 5.02 Å². The van der Waals surface area contributed by atoms with Gasteiger partial charge in [-0.1, -0.05) is 16.8 Å². The molecule has 0 bridgehead atoms. The van der Waals surface area contributed by atoms with E-state index in [1.54, 1.807) is 12.3 Å². The van der Waals surface area contributed by atoms with Crippen LogP contribution in [0.2, 0.25) is 5.02 Å². The normalized spacial score (nSPS) is 11.5. The van der Waals surface area contributed by atoms with Crippen LogP contribution in [0.5, 0.6) is 0 Å². The van der Waals surface area contributed by atoms with Gasteiger partial charge in [0, 0.05) is 25.7 Å². The number of oxime groups is 1. The third-order valence-corrected chi connectivity index (χ3v) is 2.41. The van der Waals surface area contributed by atoms with Crippen molar-refractivity contribution in [3.8, 4) is 0 Å². The quantitative estimate of drug-likeness (QED) is 0.357. The summed E-state index contributed by atoms with van der Waals surface area (Å²) in [7, 11) is 0. The first-order chi connectivity index (χ1) is 7.67. The molecule has 1 aromatic rings. The van der Waals surface area contributed by atoms with E-state index >= 15 is 0 Å². The van der Waals surface area contributed by atoms with Gasteiger partial charge in [0.2, 0.25) is 0 Å². The second-order valence-electron chi connectivity index (χ2n) is 3.26. The highest BCUT2D eigenvalue weighted by molar-refractivity contribution is 6.30. The first-order valence-corrected chi connectivity index (χ1v) is 5.38. The van der Waals surface area contributed by atoms with E-state index in [2.05, 4.69) is 10.1 Å². The summed E-state index contributed by atoms with van der Waals surface area (Å²) in [5, 5.41) is 12.0. The van der Waals surface area contributed by atoms with Crippen molar-refractivity contribution in [2.24, 2.45) is 10.9 Å². The SMILES string of the molecule is CCN(CCC(N)=NO)c1ccc(Cl)cn1. The van der Waals surface area contributed by atoms with E-state index < -0.39 is 0 Å². The Hall–Kier alpha value is -1.49. The minimum Gasteiger partial charge on any atom is -0.409 e. The molecule has 0 radical (unpaired) electrons. The van der Waals surface area contributed by atoms with Crippen LogP contribution >= 0.6 is 11.6 Å². The van der Waals surface area contributed by atoms with Crippen molar-refractivity contribution in [1.82, 2.24) is 4.98 Å². The first kappa shape index (κ1) is 12.6. The molecule has 16 heavy (non-hydrogen) atoms. The van der Waals surface area contributed by atoms with E-state index in [1.165, 1.54) is 0 Å². The number of halogens is 1. The topological polar surface area (TPSA) is 74.7 Å². The molecule has 6 heteroatoms. The molecule has 0 aliphatic heterocycles. The second kappa shape index (κ2) is 6.17. The molecule has 0 aliphatic rings. The van der Waals surface area contributed by atoms with E-state index in [4.69, 9.17) is 22.5 Å². The lowest BCUT2D eigenvalue weighted by molar-refractivity contribution is 0.317. The lowest BCUT2D eigenvalue weighted by Crippen LogP contribution is -2.28. The minimum atomic E-state index is 0.215. The highest BCUT2D eigenvalue weighted by Crippen LogP contribution is 2.14. The van der Waals surface area contributed by atoms with E-state index in [9.17, 15) is 0 Å². The third kappa shape index (κ3) is 3.58. The van der Waals surface area contributed by atoms with Crippen LogP contribution in [0.3, 0.4) is 0 Å². The summed E-state index contributed by atoms with van der Waals surface area (Å²) in [6.07, 6.45) is 2.09. The Morgan fingerprint density at radius 1 is 1.62 bits per heavy atom. The summed E-state index contributed by atoms with van der Waals surface area (Å²) >= 11 is 5.76. The van der Waals surface area contributed by atoms with Crippen molar-refractivity contribution in [3.63, 3.8) is 0 Å². The molecule has 1 rings (SSSR count). The molecule has 0 amide bonds. The van der Waals surface area contributed by atoms with Gasteiger partial charge >= 0.3 is 0 Å². The molecule has 0 spiro atoms. The second-order valence-corrected chi connectivity index (χ2v) is 3.69. The van der Waals surface area contributed by atoms with Gasteiger partial charge in [-0.3, -0.25) is 0 Å². The number of pyridine rings is 1. The zero-order valence-corrected chi connectivity index (χ0v) is 9.85. The van der Waals surface area contributed by atoms with Gasteiger partial charge < -0.3 is 15.8 Å². The number of nitrogens with two attached hydrogens (primary N) is 1. The predicted octanol–water partition coefficient (Wildman–Crippen LogP) is 1.70. The molecule has 3 N–H and O–H groups in total. The predicted molar refractivity (Wildman–Crippen MR) is 65.2 cm³/mol. The van der Waals surface area contributed by atoms with Crippen molar-refractivity contribution in [3.05, 3.63) is 23.4 Å². The Balaban J connectivity index is 2.64. The molecular weight excluding hydrogens is 228 g/mol. The van der Waals surface area contributed by atoms with Gasteiger partial charge in [0.1, 0.15) is 11.7 Å². The van der Waals surface area contributed by atoms with E-state index in [0.29, 0.717) is 18.0 Å². The summed E-state index contributed by atoms with van der Waals surface area (Å²) in [5.74, 6) is 1.05. The molecule has 0 atom stereocenters. The maximum atomic E-state index is 8.44. The van der Waals surface area contributed by atoms with Gasteiger partial charge in [-0.05, 0) is 19.1 Å². The van der Waals surface area contributed by atoms with Crippen molar-refractivity contribution < 1.29 is 5.21 Å². The molecule has 88 valence electrons. The number of rotatable bonds is 5. The smallest absolute Gasteiger partial charge is 0.140 e. The van der Waals surface area contributed by atoms with Crippen LogP contribution in [0.15, 0.2) is 23.5 Å². The highest BCUT2D eigenvalue weighted by Gasteiger charge is 2.06. The van der Waals surface area contributed by atoms with Crippen LogP contribution in [0.1, 0.15) is 13.3 Å². The van der Waals surface area contributed by atoms with Crippen LogP contribution in [0.25, 0.3) is 0 Å². The molecule has 0 fully saturated rings.